The van der Waals surface area contributed by atoms with Crippen LogP contribution in [-0.4, -0.2) is 17.1 Å². The number of imidazole rings is 1. The van der Waals surface area contributed by atoms with E-state index < -0.39 is 0 Å². The van der Waals surface area contributed by atoms with Crippen molar-refractivity contribution in [2.45, 2.75) is 6.54 Å². The third-order valence-electron chi connectivity index (χ3n) is 2.99. The Bertz CT molecular complexity index is 640. The van der Waals surface area contributed by atoms with E-state index in [1.54, 1.807) is 7.11 Å². The van der Waals surface area contributed by atoms with Gasteiger partial charge in [-0.2, -0.15) is 0 Å². The molecule has 0 amide bonds. The normalized spacial score (nSPS) is 10.6. The lowest BCUT2D eigenvalue weighted by atomic mass is 10.3. The number of anilines is 1. The quantitative estimate of drug-likeness (QED) is 0.750. The van der Waals surface area contributed by atoms with E-state index >= 15 is 0 Å². The number of fused-ring (bicyclic) bond motifs is 1. The molecule has 0 saturated carbocycles. The number of H-pyrrole nitrogens is 1. The Hall–Kier alpha value is -2.49. The van der Waals surface area contributed by atoms with E-state index in [2.05, 4.69) is 15.3 Å². The maximum Gasteiger partial charge on any atom is 0.126 e. The molecule has 0 aliphatic carbocycles. The minimum atomic E-state index is 0.668. The van der Waals surface area contributed by atoms with E-state index in [1.165, 1.54) is 0 Å². The van der Waals surface area contributed by atoms with Crippen LogP contribution in [-0.2, 0) is 6.54 Å². The third kappa shape index (κ3) is 2.52. The molecule has 0 aliphatic rings. The maximum atomic E-state index is 5.13. The van der Waals surface area contributed by atoms with Crippen molar-refractivity contribution < 1.29 is 4.74 Å². The Kier molecular flexibility index (Phi) is 3.06. The van der Waals surface area contributed by atoms with Crippen molar-refractivity contribution in [2.24, 2.45) is 0 Å². The molecular weight excluding hydrogens is 238 g/mol. The zero-order valence-electron chi connectivity index (χ0n) is 10.7. The number of methoxy groups -OCH3 is 1. The fraction of sp³-hybridized carbons (Fsp3) is 0.133. The molecule has 19 heavy (non-hydrogen) atoms. The van der Waals surface area contributed by atoms with Gasteiger partial charge < -0.3 is 15.0 Å². The second-order valence-electron chi connectivity index (χ2n) is 4.28. The predicted molar refractivity (Wildman–Crippen MR) is 76.4 cm³/mol. The Morgan fingerprint density at radius 2 is 1.89 bits per heavy atom. The number of para-hydroxylation sites is 2. The van der Waals surface area contributed by atoms with Crippen molar-refractivity contribution in [3.8, 4) is 5.75 Å². The summed E-state index contributed by atoms with van der Waals surface area (Å²) in [4.78, 5) is 7.81. The summed E-state index contributed by atoms with van der Waals surface area (Å²) in [6.45, 7) is 0.668. The summed E-state index contributed by atoms with van der Waals surface area (Å²) in [5.74, 6) is 1.78. The fourth-order valence-electron chi connectivity index (χ4n) is 1.98. The van der Waals surface area contributed by atoms with Crippen molar-refractivity contribution in [3.05, 3.63) is 54.4 Å². The summed E-state index contributed by atoms with van der Waals surface area (Å²) >= 11 is 0. The van der Waals surface area contributed by atoms with Gasteiger partial charge in [0.15, 0.2) is 0 Å². The molecule has 1 aromatic heterocycles. The van der Waals surface area contributed by atoms with Gasteiger partial charge in [0.05, 0.1) is 24.7 Å². The first-order valence-electron chi connectivity index (χ1n) is 6.17. The molecule has 0 bridgehead atoms. The zero-order valence-corrected chi connectivity index (χ0v) is 10.7. The van der Waals surface area contributed by atoms with Crippen LogP contribution >= 0.6 is 0 Å². The Morgan fingerprint density at radius 3 is 2.63 bits per heavy atom. The van der Waals surface area contributed by atoms with Gasteiger partial charge in [-0.3, -0.25) is 0 Å². The van der Waals surface area contributed by atoms with Crippen LogP contribution < -0.4 is 10.1 Å². The van der Waals surface area contributed by atoms with Crippen LogP contribution in [0.2, 0.25) is 0 Å². The Morgan fingerprint density at radius 1 is 1.11 bits per heavy atom. The van der Waals surface area contributed by atoms with Crippen LogP contribution in [0.25, 0.3) is 11.0 Å². The van der Waals surface area contributed by atoms with Crippen LogP contribution in [0.4, 0.5) is 5.69 Å². The highest BCUT2D eigenvalue weighted by Crippen LogP contribution is 2.16. The SMILES string of the molecule is COc1ccc(NCc2nc3ccccc3[nH]2)cc1. The Balaban J connectivity index is 1.70. The molecular formula is C15H15N3O. The maximum absolute atomic E-state index is 5.13. The third-order valence-corrected chi connectivity index (χ3v) is 2.99. The topological polar surface area (TPSA) is 49.9 Å². The van der Waals surface area contributed by atoms with Gasteiger partial charge in [-0.1, -0.05) is 12.1 Å². The van der Waals surface area contributed by atoms with Crippen LogP contribution in [0.3, 0.4) is 0 Å². The first-order valence-corrected chi connectivity index (χ1v) is 6.17. The summed E-state index contributed by atoms with van der Waals surface area (Å²) in [7, 11) is 1.66. The zero-order chi connectivity index (χ0) is 13.1. The number of aromatic amines is 1. The highest BCUT2D eigenvalue weighted by molar-refractivity contribution is 5.74. The van der Waals surface area contributed by atoms with E-state index in [1.807, 2.05) is 48.5 Å². The van der Waals surface area contributed by atoms with Gasteiger partial charge in [0.1, 0.15) is 11.6 Å². The van der Waals surface area contributed by atoms with Gasteiger partial charge in [0.2, 0.25) is 0 Å². The van der Waals surface area contributed by atoms with Gasteiger partial charge in [-0.25, -0.2) is 4.98 Å². The van der Waals surface area contributed by atoms with Crippen molar-refractivity contribution in [3.63, 3.8) is 0 Å². The standard InChI is InChI=1S/C15H15N3O/c1-19-12-8-6-11(7-9-12)16-10-15-17-13-4-2-3-5-14(13)18-15/h2-9,16H,10H2,1H3,(H,17,18). The number of ether oxygens (including phenoxy) is 1. The molecule has 0 unspecified atom stereocenters. The van der Waals surface area contributed by atoms with Gasteiger partial charge in [0.25, 0.3) is 0 Å². The van der Waals surface area contributed by atoms with Crippen LogP contribution in [0.5, 0.6) is 5.75 Å². The number of hydrogen-bond donors (Lipinski definition) is 2. The lowest BCUT2D eigenvalue weighted by Gasteiger charge is -2.05. The molecule has 0 saturated heterocycles. The van der Waals surface area contributed by atoms with E-state index in [0.717, 1.165) is 28.3 Å². The summed E-state index contributed by atoms with van der Waals surface area (Å²) in [5, 5.41) is 3.32. The minimum Gasteiger partial charge on any atom is -0.497 e. The van der Waals surface area contributed by atoms with E-state index in [4.69, 9.17) is 4.74 Å². The monoisotopic (exact) mass is 253 g/mol. The average molecular weight is 253 g/mol. The summed E-state index contributed by atoms with van der Waals surface area (Å²) in [5.41, 5.74) is 3.10. The van der Waals surface area contributed by atoms with E-state index in [0.29, 0.717) is 6.54 Å². The summed E-state index contributed by atoms with van der Waals surface area (Å²) < 4.78 is 5.13. The number of nitrogens with one attached hydrogen (secondary N) is 2. The molecule has 4 nitrogen and oxygen atoms in total. The number of aromatic nitrogens is 2. The van der Waals surface area contributed by atoms with Crippen molar-refractivity contribution in [1.82, 2.24) is 9.97 Å². The molecule has 0 radical (unpaired) electrons. The lowest BCUT2D eigenvalue weighted by molar-refractivity contribution is 0.415. The second-order valence-corrected chi connectivity index (χ2v) is 4.28. The largest absolute Gasteiger partial charge is 0.497 e. The molecule has 4 heteroatoms. The van der Waals surface area contributed by atoms with Crippen LogP contribution in [0, 0.1) is 0 Å². The first-order chi connectivity index (χ1) is 9.35. The van der Waals surface area contributed by atoms with Crippen LogP contribution in [0.15, 0.2) is 48.5 Å². The fourth-order valence-corrected chi connectivity index (χ4v) is 1.98. The van der Waals surface area contributed by atoms with E-state index in [-0.39, 0.29) is 0 Å². The minimum absolute atomic E-state index is 0.668. The predicted octanol–water partition coefficient (Wildman–Crippen LogP) is 3.18. The van der Waals surface area contributed by atoms with Gasteiger partial charge in [0, 0.05) is 5.69 Å². The van der Waals surface area contributed by atoms with Crippen molar-refractivity contribution in [2.75, 3.05) is 12.4 Å². The highest BCUT2D eigenvalue weighted by Gasteiger charge is 2.01. The average Bonchev–Trinajstić information content (AvgIpc) is 2.88. The molecule has 0 fully saturated rings. The van der Waals surface area contributed by atoms with Crippen LogP contribution in [0.1, 0.15) is 5.82 Å². The molecule has 3 rings (SSSR count). The molecule has 96 valence electrons. The van der Waals surface area contributed by atoms with Gasteiger partial charge >= 0.3 is 0 Å². The molecule has 2 aromatic carbocycles. The first kappa shape index (κ1) is 11.6. The number of rotatable bonds is 4. The number of hydrogen-bond acceptors (Lipinski definition) is 3. The smallest absolute Gasteiger partial charge is 0.126 e. The molecule has 0 aliphatic heterocycles. The highest BCUT2D eigenvalue weighted by atomic mass is 16.5. The molecule has 3 aromatic rings. The van der Waals surface area contributed by atoms with Crippen molar-refractivity contribution in [1.29, 1.82) is 0 Å². The summed E-state index contributed by atoms with van der Waals surface area (Å²) in [6.07, 6.45) is 0. The lowest BCUT2D eigenvalue weighted by Crippen LogP contribution is -2.00. The van der Waals surface area contributed by atoms with Gasteiger partial charge in [-0.05, 0) is 36.4 Å². The molecule has 1 heterocycles. The Labute approximate surface area is 111 Å². The second kappa shape index (κ2) is 5.02. The molecule has 0 atom stereocenters. The summed E-state index contributed by atoms with van der Waals surface area (Å²) in [6, 6.07) is 15.9. The number of benzene rings is 2. The van der Waals surface area contributed by atoms with E-state index in [9.17, 15) is 0 Å². The van der Waals surface area contributed by atoms with Crippen molar-refractivity contribution >= 4 is 16.7 Å². The van der Waals surface area contributed by atoms with Gasteiger partial charge in [-0.15, -0.1) is 0 Å². The molecule has 2 N–H and O–H groups in total. The molecule has 0 spiro atoms. The number of nitrogens with zero attached hydrogens (tertiary/aromatic N) is 1.